The maximum absolute atomic E-state index is 12.4. The van der Waals surface area contributed by atoms with Crippen molar-refractivity contribution in [2.24, 2.45) is 5.73 Å². The molecule has 0 saturated carbocycles. The van der Waals surface area contributed by atoms with Crippen LogP contribution in [0.5, 0.6) is 11.5 Å². The summed E-state index contributed by atoms with van der Waals surface area (Å²) < 4.78 is 10.6. The number of hydrogen-bond donors (Lipinski definition) is 1. The SMILES string of the molecule is CN(Cc1ccc2c(c1)OCO2)C(=O)[C@@H](N)Cc1ccccc1.Cl. The summed E-state index contributed by atoms with van der Waals surface area (Å²) in [5.41, 5.74) is 8.10. The summed E-state index contributed by atoms with van der Waals surface area (Å²) in [7, 11) is 1.76. The van der Waals surface area contributed by atoms with Crippen LogP contribution >= 0.6 is 12.4 Å². The summed E-state index contributed by atoms with van der Waals surface area (Å²) in [6.45, 7) is 0.730. The van der Waals surface area contributed by atoms with Gasteiger partial charge in [0.25, 0.3) is 0 Å². The van der Waals surface area contributed by atoms with Crippen molar-refractivity contribution in [3.63, 3.8) is 0 Å². The fourth-order valence-corrected chi connectivity index (χ4v) is 2.63. The molecule has 1 amide bonds. The number of ether oxygens (including phenoxy) is 2. The molecule has 24 heavy (non-hydrogen) atoms. The molecule has 128 valence electrons. The van der Waals surface area contributed by atoms with Crippen molar-refractivity contribution in [1.82, 2.24) is 4.90 Å². The number of rotatable bonds is 5. The van der Waals surface area contributed by atoms with E-state index in [2.05, 4.69) is 0 Å². The molecule has 1 aliphatic heterocycles. The first-order chi connectivity index (χ1) is 11.1. The van der Waals surface area contributed by atoms with E-state index in [4.69, 9.17) is 15.2 Å². The van der Waals surface area contributed by atoms with E-state index in [-0.39, 0.29) is 25.1 Å². The zero-order chi connectivity index (χ0) is 16.2. The third kappa shape index (κ3) is 4.19. The lowest BCUT2D eigenvalue weighted by molar-refractivity contribution is -0.131. The van der Waals surface area contributed by atoms with Crippen molar-refractivity contribution < 1.29 is 14.3 Å². The van der Waals surface area contributed by atoms with E-state index in [1.54, 1.807) is 11.9 Å². The van der Waals surface area contributed by atoms with Crippen LogP contribution in [-0.4, -0.2) is 30.7 Å². The molecular formula is C18H21ClN2O3. The summed E-state index contributed by atoms with van der Waals surface area (Å²) in [5, 5.41) is 0. The summed E-state index contributed by atoms with van der Waals surface area (Å²) in [5.74, 6) is 1.38. The lowest BCUT2D eigenvalue weighted by Gasteiger charge is -2.21. The average Bonchev–Trinajstić information content (AvgIpc) is 3.02. The minimum absolute atomic E-state index is 0. The Bertz CT molecular complexity index is 694. The van der Waals surface area contributed by atoms with Crippen molar-refractivity contribution in [2.45, 2.75) is 19.0 Å². The summed E-state index contributed by atoms with van der Waals surface area (Å²) in [4.78, 5) is 14.1. The van der Waals surface area contributed by atoms with Crippen LogP contribution in [0.15, 0.2) is 48.5 Å². The van der Waals surface area contributed by atoms with Gasteiger partial charge in [-0.25, -0.2) is 0 Å². The minimum atomic E-state index is -0.545. The van der Waals surface area contributed by atoms with Crippen molar-refractivity contribution in [3.05, 3.63) is 59.7 Å². The lowest BCUT2D eigenvalue weighted by Crippen LogP contribution is -2.42. The molecule has 0 radical (unpaired) electrons. The van der Waals surface area contributed by atoms with Gasteiger partial charge in [-0.2, -0.15) is 0 Å². The van der Waals surface area contributed by atoms with E-state index in [0.29, 0.717) is 13.0 Å². The molecule has 3 rings (SSSR count). The molecule has 1 atom stereocenters. The molecule has 1 heterocycles. The Morgan fingerprint density at radius 1 is 1.12 bits per heavy atom. The highest BCUT2D eigenvalue weighted by atomic mass is 35.5. The zero-order valence-electron chi connectivity index (χ0n) is 13.5. The van der Waals surface area contributed by atoms with Gasteiger partial charge in [0, 0.05) is 13.6 Å². The predicted octanol–water partition coefficient (Wildman–Crippen LogP) is 2.37. The van der Waals surface area contributed by atoms with Gasteiger partial charge in [-0.1, -0.05) is 36.4 Å². The molecule has 0 spiro atoms. The number of fused-ring (bicyclic) bond motifs is 1. The van der Waals surface area contributed by atoms with Gasteiger partial charge in [-0.05, 0) is 29.7 Å². The standard InChI is InChI=1S/C18H20N2O3.ClH/c1-20(11-14-7-8-16-17(10-14)23-12-22-16)18(21)15(19)9-13-5-3-2-4-6-13;/h2-8,10,15H,9,11-12,19H2,1H3;1H/t15-;/m0./s1. The third-order valence-corrected chi connectivity index (χ3v) is 3.85. The molecule has 0 aromatic heterocycles. The fraction of sp³-hybridized carbons (Fsp3) is 0.278. The van der Waals surface area contributed by atoms with Gasteiger partial charge in [0.05, 0.1) is 6.04 Å². The molecule has 2 aromatic rings. The fourth-order valence-electron chi connectivity index (χ4n) is 2.63. The Morgan fingerprint density at radius 2 is 1.83 bits per heavy atom. The van der Waals surface area contributed by atoms with E-state index in [1.807, 2.05) is 48.5 Å². The molecule has 0 saturated heterocycles. The average molecular weight is 349 g/mol. The Labute approximate surface area is 147 Å². The van der Waals surface area contributed by atoms with Crippen LogP contribution in [0.3, 0.4) is 0 Å². The number of likely N-dealkylation sites (N-methyl/N-ethyl adjacent to an activating group) is 1. The van der Waals surface area contributed by atoms with E-state index >= 15 is 0 Å². The molecule has 0 aliphatic carbocycles. The number of nitrogens with two attached hydrogens (primary N) is 1. The summed E-state index contributed by atoms with van der Waals surface area (Å²) >= 11 is 0. The van der Waals surface area contributed by atoms with Gasteiger partial charge in [0.2, 0.25) is 12.7 Å². The zero-order valence-corrected chi connectivity index (χ0v) is 14.3. The topological polar surface area (TPSA) is 64.8 Å². The van der Waals surface area contributed by atoms with Crippen LogP contribution < -0.4 is 15.2 Å². The number of carbonyl (C=O) groups is 1. The normalized spacial score (nSPS) is 13.1. The third-order valence-electron chi connectivity index (χ3n) is 3.85. The number of halogens is 1. The van der Waals surface area contributed by atoms with Crippen LogP contribution in [-0.2, 0) is 17.8 Å². The summed E-state index contributed by atoms with van der Waals surface area (Å²) in [6, 6.07) is 14.9. The number of amides is 1. The summed E-state index contributed by atoms with van der Waals surface area (Å²) in [6.07, 6.45) is 0.533. The van der Waals surface area contributed by atoms with Gasteiger partial charge >= 0.3 is 0 Å². The predicted molar refractivity (Wildman–Crippen MR) is 94.4 cm³/mol. The number of carbonyl (C=O) groups excluding carboxylic acids is 1. The minimum Gasteiger partial charge on any atom is -0.454 e. The second kappa shape index (κ2) is 8.04. The Kier molecular flexibility index (Phi) is 6.06. The van der Waals surface area contributed by atoms with E-state index in [1.165, 1.54) is 0 Å². The molecule has 0 unspecified atom stereocenters. The molecule has 0 bridgehead atoms. The van der Waals surface area contributed by atoms with E-state index < -0.39 is 6.04 Å². The molecular weight excluding hydrogens is 328 g/mol. The van der Waals surface area contributed by atoms with Crippen molar-refractivity contribution in [2.75, 3.05) is 13.8 Å². The molecule has 2 N–H and O–H groups in total. The first-order valence-corrected chi connectivity index (χ1v) is 7.56. The van der Waals surface area contributed by atoms with Gasteiger partial charge in [-0.3, -0.25) is 4.79 Å². The van der Waals surface area contributed by atoms with Crippen molar-refractivity contribution in [1.29, 1.82) is 0 Å². The molecule has 0 fully saturated rings. The van der Waals surface area contributed by atoms with Gasteiger partial charge in [-0.15, -0.1) is 12.4 Å². The quantitative estimate of drug-likeness (QED) is 0.901. The van der Waals surface area contributed by atoms with Crippen LogP contribution in [0.1, 0.15) is 11.1 Å². The first-order valence-electron chi connectivity index (χ1n) is 7.56. The highest BCUT2D eigenvalue weighted by Gasteiger charge is 2.20. The lowest BCUT2D eigenvalue weighted by atomic mass is 10.1. The Morgan fingerprint density at radius 3 is 2.58 bits per heavy atom. The van der Waals surface area contributed by atoms with E-state index in [9.17, 15) is 4.79 Å². The molecule has 1 aliphatic rings. The number of hydrogen-bond acceptors (Lipinski definition) is 4. The van der Waals surface area contributed by atoms with Crippen LogP contribution in [0.2, 0.25) is 0 Å². The van der Waals surface area contributed by atoms with Gasteiger partial charge in [0.1, 0.15) is 0 Å². The monoisotopic (exact) mass is 348 g/mol. The molecule has 2 aromatic carbocycles. The number of nitrogens with zero attached hydrogens (tertiary/aromatic N) is 1. The largest absolute Gasteiger partial charge is 0.454 e. The van der Waals surface area contributed by atoms with Crippen LogP contribution in [0.4, 0.5) is 0 Å². The van der Waals surface area contributed by atoms with Gasteiger partial charge in [0.15, 0.2) is 11.5 Å². The molecule has 5 nitrogen and oxygen atoms in total. The highest BCUT2D eigenvalue weighted by Crippen LogP contribution is 2.32. The van der Waals surface area contributed by atoms with Gasteiger partial charge < -0.3 is 20.1 Å². The van der Waals surface area contributed by atoms with Crippen LogP contribution in [0.25, 0.3) is 0 Å². The highest BCUT2D eigenvalue weighted by molar-refractivity contribution is 5.85. The molecule has 6 heteroatoms. The van der Waals surface area contributed by atoms with Crippen LogP contribution in [0, 0.1) is 0 Å². The van der Waals surface area contributed by atoms with Crippen molar-refractivity contribution >= 4 is 18.3 Å². The first kappa shape index (κ1) is 18.1. The second-order valence-electron chi connectivity index (χ2n) is 5.68. The maximum Gasteiger partial charge on any atom is 0.239 e. The maximum atomic E-state index is 12.4. The van der Waals surface area contributed by atoms with E-state index in [0.717, 1.165) is 22.6 Å². The smallest absolute Gasteiger partial charge is 0.239 e. The number of benzene rings is 2. The Balaban J connectivity index is 0.00000208. The van der Waals surface area contributed by atoms with Crippen molar-refractivity contribution in [3.8, 4) is 11.5 Å². The second-order valence-corrected chi connectivity index (χ2v) is 5.68. The Hall–Kier alpha value is -2.24.